The maximum Gasteiger partial charge on any atom is 0.242 e. The lowest BCUT2D eigenvalue weighted by molar-refractivity contribution is -0.126. The van der Waals surface area contributed by atoms with Gasteiger partial charge in [-0.3, -0.25) is 9.69 Å². The van der Waals surface area contributed by atoms with Crippen molar-refractivity contribution in [2.75, 3.05) is 7.05 Å². The number of hydrogen-bond acceptors (Lipinski definition) is 2. The summed E-state index contributed by atoms with van der Waals surface area (Å²) in [5.74, 6) is -0.327. The highest BCUT2D eigenvalue weighted by atomic mass is 79.9. The number of nitrogens with zero attached hydrogens (tertiary/aromatic N) is 1. The van der Waals surface area contributed by atoms with E-state index in [1.807, 2.05) is 36.2 Å². The first-order valence-electron chi connectivity index (χ1n) is 8.04. The van der Waals surface area contributed by atoms with Crippen molar-refractivity contribution in [1.29, 1.82) is 0 Å². The van der Waals surface area contributed by atoms with E-state index in [1.165, 1.54) is 12.1 Å². The number of halogens is 2. The molecule has 1 aliphatic rings. The molecule has 2 aromatic rings. The Labute approximate surface area is 150 Å². The van der Waals surface area contributed by atoms with Crippen molar-refractivity contribution in [1.82, 2.24) is 10.2 Å². The van der Waals surface area contributed by atoms with Crippen LogP contribution in [0.5, 0.6) is 0 Å². The highest BCUT2D eigenvalue weighted by molar-refractivity contribution is 9.10. The molecule has 1 aliphatic carbocycles. The molecule has 1 unspecified atom stereocenters. The van der Waals surface area contributed by atoms with Crippen LogP contribution in [0.15, 0.2) is 53.0 Å². The van der Waals surface area contributed by atoms with Crippen molar-refractivity contribution < 1.29 is 9.18 Å². The van der Waals surface area contributed by atoms with E-state index in [9.17, 15) is 9.18 Å². The van der Waals surface area contributed by atoms with Crippen LogP contribution in [0.3, 0.4) is 0 Å². The number of hydrogen-bond donors (Lipinski definition) is 1. The maximum atomic E-state index is 13.3. The molecule has 126 valence electrons. The maximum absolute atomic E-state index is 13.3. The van der Waals surface area contributed by atoms with Crippen LogP contribution in [0.1, 0.15) is 30.0 Å². The summed E-state index contributed by atoms with van der Waals surface area (Å²) >= 11 is 3.55. The van der Waals surface area contributed by atoms with Crippen LogP contribution in [0.4, 0.5) is 4.39 Å². The molecule has 3 rings (SSSR count). The third-order valence-corrected chi connectivity index (χ3v) is 4.95. The molecular formula is C19H20BrFN2O. The first-order chi connectivity index (χ1) is 11.5. The van der Waals surface area contributed by atoms with E-state index in [1.54, 1.807) is 12.1 Å². The van der Waals surface area contributed by atoms with Crippen molar-refractivity contribution in [2.24, 2.45) is 0 Å². The normalized spacial score (nSPS) is 15.3. The summed E-state index contributed by atoms with van der Waals surface area (Å²) in [6, 6.07) is 14.0. The summed E-state index contributed by atoms with van der Waals surface area (Å²) < 4.78 is 14.3. The molecule has 0 spiro atoms. The molecule has 0 aliphatic heterocycles. The smallest absolute Gasteiger partial charge is 0.242 e. The molecule has 0 heterocycles. The summed E-state index contributed by atoms with van der Waals surface area (Å²) in [6.07, 6.45) is 2.08. The van der Waals surface area contributed by atoms with E-state index in [-0.39, 0.29) is 17.8 Å². The second-order valence-corrected chi connectivity index (χ2v) is 7.10. The van der Waals surface area contributed by atoms with Gasteiger partial charge in [0.25, 0.3) is 0 Å². The third kappa shape index (κ3) is 4.22. The summed E-state index contributed by atoms with van der Waals surface area (Å²) in [5, 5.41) is 3.06. The number of rotatable bonds is 6. The molecule has 24 heavy (non-hydrogen) atoms. The molecule has 2 aromatic carbocycles. The first kappa shape index (κ1) is 17.1. The van der Waals surface area contributed by atoms with Gasteiger partial charge < -0.3 is 5.32 Å². The van der Waals surface area contributed by atoms with Crippen LogP contribution >= 0.6 is 15.9 Å². The van der Waals surface area contributed by atoms with Gasteiger partial charge >= 0.3 is 0 Å². The SMILES string of the molecule is CN(Cc1ccccc1Br)C(C(=O)NC1CC1)c1ccc(F)cc1. The third-order valence-electron chi connectivity index (χ3n) is 4.18. The predicted molar refractivity (Wildman–Crippen MR) is 95.9 cm³/mol. The van der Waals surface area contributed by atoms with E-state index in [0.717, 1.165) is 28.4 Å². The number of amides is 1. The largest absolute Gasteiger partial charge is 0.352 e. The number of benzene rings is 2. The van der Waals surface area contributed by atoms with Crippen LogP contribution < -0.4 is 5.32 Å². The minimum Gasteiger partial charge on any atom is -0.352 e. The molecule has 0 aromatic heterocycles. The minimum absolute atomic E-state index is 0.0290. The van der Waals surface area contributed by atoms with Crippen molar-refractivity contribution in [2.45, 2.75) is 31.5 Å². The van der Waals surface area contributed by atoms with Gasteiger partial charge in [0.1, 0.15) is 11.9 Å². The van der Waals surface area contributed by atoms with Gasteiger partial charge in [-0.15, -0.1) is 0 Å². The molecule has 1 N–H and O–H groups in total. The average molecular weight is 391 g/mol. The van der Waals surface area contributed by atoms with Crippen LogP contribution in [0.25, 0.3) is 0 Å². The predicted octanol–water partition coefficient (Wildman–Crippen LogP) is 4.04. The summed E-state index contributed by atoms with van der Waals surface area (Å²) in [4.78, 5) is 14.7. The van der Waals surface area contributed by atoms with Gasteiger partial charge in [-0.2, -0.15) is 0 Å². The fourth-order valence-corrected chi connectivity index (χ4v) is 3.16. The highest BCUT2D eigenvalue weighted by Gasteiger charge is 2.31. The molecule has 0 radical (unpaired) electrons. The van der Waals surface area contributed by atoms with Gasteiger partial charge in [0.2, 0.25) is 5.91 Å². The lowest BCUT2D eigenvalue weighted by atomic mass is 10.0. The zero-order valence-electron chi connectivity index (χ0n) is 13.5. The molecule has 1 fully saturated rings. The number of carbonyl (C=O) groups excluding carboxylic acids is 1. The van der Waals surface area contributed by atoms with Gasteiger partial charge in [0.05, 0.1) is 0 Å². The first-order valence-corrected chi connectivity index (χ1v) is 8.83. The Morgan fingerprint density at radius 1 is 1.25 bits per heavy atom. The lowest BCUT2D eigenvalue weighted by Gasteiger charge is -2.28. The second kappa shape index (κ2) is 7.45. The number of nitrogens with one attached hydrogen (secondary N) is 1. The Morgan fingerprint density at radius 2 is 1.92 bits per heavy atom. The molecule has 3 nitrogen and oxygen atoms in total. The topological polar surface area (TPSA) is 32.3 Å². The number of carbonyl (C=O) groups is 1. The van der Waals surface area contributed by atoms with Gasteiger partial charge in [-0.1, -0.05) is 46.3 Å². The molecule has 5 heteroatoms. The zero-order chi connectivity index (χ0) is 17.1. The van der Waals surface area contributed by atoms with E-state index in [4.69, 9.17) is 0 Å². The number of likely N-dealkylation sites (N-methyl/N-ethyl adjacent to an activating group) is 1. The van der Waals surface area contributed by atoms with E-state index < -0.39 is 6.04 Å². The molecule has 1 amide bonds. The minimum atomic E-state index is -0.446. The summed E-state index contributed by atoms with van der Waals surface area (Å²) in [6.45, 7) is 0.613. The average Bonchev–Trinajstić information content (AvgIpc) is 3.36. The molecule has 1 atom stereocenters. The quantitative estimate of drug-likeness (QED) is 0.806. The monoisotopic (exact) mass is 390 g/mol. The van der Waals surface area contributed by atoms with Crippen molar-refractivity contribution in [3.63, 3.8) is 0 Å². The Kier molecular flexibility index (Phi) is 5.31. The van der Waals surface area contributed by atoms with Crippen molar-refractivity contribution >= 4 is 21.8 Å². The van der Waals surface area contributed by atoms with Gasteiger partial charge in [-0.05, 0) is 49.2 Å². The summed E-state index contributed by atoms with van der Waals surface area (Å²) in [5.41, 5.74) is 1.90. The van der Waals surface area contributed by atoms with E-state index in [2.05, 4.69) is 21.2 Å². The van der Waals surface area contributed by atoms with E-state index >= 15 is 0 Å². The van der Waals surface area contributed by atoms with Gasteiger partial charge in [0.15, 0.2) is 0 Å². The zero-order valence-corrected chi connectivity index (χ0v) is 15.1. The second-order valence-electron chi connectivity index (χ2n) is 6.24. The van der Waals surface area contributed by atoms with Crippen LogP contribution in [-0.2, 0) is 11.3 Å². The molecule has 0 bridgehead atoms. The molecule has 1 saturated carbocycles. The fourth-order valence-electron chi connectivity index (χ4n) is 2.75. The Hall–Kier alpha value is -1.72. The van der Waals surface area contributed by atoms with Crippen LogP contribution in [-0.4, -0.2) is 23.9 Å². The van der Waals surface area contributed by atoms with Crippen molar-refractivity contribution in [3.8, 4) is 0 Å². The van der Waals surface area contributed by atoms with Crippen LogP contribution in [0, 0.1) is 5.82 Å². The molecule has 0 saturated heterocycles. The van der Waals surface area contributed by atoms with Crippen molar-refractivity contribution in [3.05, 3.63) is 69.9 Å². The Morgan fingerprint density at radius 3 is 2.54 bits per heavy atom. The van der Waals surface area contributed by atoms with E-state index in [0.29, 0.717) is 6.54 Å². The molecular weight excluding hydrogens is 371 g/mol. The fraction of sp³-hybridized carbons (Fsp3) is 0.316. The van der Waals surface area contributed by atoms with Gasteiger partial charge in [-0.25, -0.2) is 4.39 Å². The van der Waals surface area contributed by atoms with Crippen LogP contribution in [0.2, 0.25) is 0 Å². The summed E-state index contributed by atoms with van der Waals surface area (Å²) in [7, 11) is 1.92. The Balaban J connectivity index is 1.83. The Bertz CT molecular complexity index is 716. The lowest BCUT2D eigenvalue weighted by Crippen LogP contribution is -2.39. The highest BCUT2D eigenvalue weighted by Crippen LogP contribution is 2.27. The standard InChI is InChI=1S/C19H20BrFN2O/c1-23(12-14-4-2-3-5-17(14)20)18(19(24)22-16-10-11-16)13-6-8-15(21)9-7-13/h2-9,16,18H,10-12H2,1H3,(H,22,24). The van der Waals surface area contributed by atoms with Gasteiger partial charge in [0, 0.05) is 17.1 Å².